The molecular weight excluding hydrogens is 329 g/mol. The van der Waals surface area contributed by atoms with Crippen LogP contribution in [0.25, 0.3) is 0 Å². The zero-order valence-electron chi connectivity index (χ0n) is 15.2. The number of halogens is 1. The normalized spacial score (nSPS) is 25.3. The topological polar surface area (TPSA) is 44.5 Å². The summed E-state index contributed by atoms with van der Waals surface area (Å²) in [5, 5.41) is 0. The third-order valence-corrected chi connectivity index (χ3v) is 5.59. The largest absolute Gasteiger partial charge is 0.490 e. The molecule has 1 heterocycles. The summed E-state index contributed by atoms with van der Waals surface area (Å²) in [6, 6.07) is 11.3. The van der Waals surface area contributed by atoms with Crippen LogP contribution in [-0.4, -0.2) is 12.1 Å². The van der Waals surface area contributed by atoms with Gasteiger partial charge in [0, 0.05) is 6.04 Å². The van der Waals surface area contributed by atoms with Crippen LogP contribution in [0.2, 0.25) is 0 Å². The Morgan fingerprint density at radius 2 is 1.85 bits per heavy atom. The van der Waals surface area contributed by atoms with Crippen molar-refractivity contribution in [1.29, 1.82) is 0 Å². The Morgan fingerprint density at radius 1 is 1.04 bits per heavy atom. The summed E-state index contributed by atoms with van der Waals surface area (Å²) in [5.41, 5.74) is 9.14. The number of ether oxygens (including phenoxy) is 2. The molecule has 0 amide bonds. The zero-order valence-corrected chi connectivity index (χ0v) is 15.2. The van der Waals surface area contributed by atoms with Gasteiger partial charge in [-0.05, 0) is 92.5 Å². The highest BCUT2D eigenvalue weighted by molar-refractivity contribution is 5.43. The lowest BCUT2D eigenvalue weighted by molar-refractivity contribution is 0.145. The molecule has 138 valence electrons. The van der Waals surface area contributed by atoms with Crippen molar-refractivity contribution < 1.29 is 13.9 Å². The third-order valence-electron chi connectivity index (χ3n) is 5.59. The molecule has 4 heteroatoms. The fourth-order valence-corrected chi connectivity index (χ4v) is 4.01. The summed E-state index contributed by atoms with van der Waals surface area (Å²) in [4.78, 5) is 0. The second kappa shape index (κ2) is 7.28. The molecule has 2 aliphatic rings. The van der Waals surface area contributed by atoms with Crippen molar-refractivity contribution in [2.45, 2.75) is 63.7 Å². The van der Waals surface area contributed by atoms with Crippen molar-refractivity contribution in [2.75, 3.05) is 0 Å². The lowest BCUT2D eigenvalue weighted by atomic mass is 9.93. The van der Waals surface area contributed by atoms with Gasteiger partial charge in [0.15, 0.2) is 0 Å². The smallest absolute Gasteiger partial charge is 0.124 e. The summed E-state index contributed by atoms with van der Waals surface area (Å²) in [6.07, 6.45) is 6.04. The second-order valence-electron chi connectivity index (χ2n) is 7.57. The average Bonchev–Trinajstić information content (AvgIpc) is 2.65. The molecule has 0 spiro atoms. The molecular formula is C22H26FNO2. The second-order valence-corrected chi connectivity index (χ2v) is 7.57. The summed E-state index contributed by atoms with van der Waals surface area (Å²) >= 11 is 0. The van der Waals surface area contributed by atoms with E-state index in [1.807, 2.05) is 25.1 Å². The Morgan fingerprint density at radius 3 is 2.65 bits per heavy atom. The number of hydrogen-bond donors (Lipinski definition) is 1. The highest BCUT2D eigenvalue weighted by atomic mass is 19.1. The number of benzene rings is 2. The van der Waals surface area contributed by atoms with E-state index in [-0.39, 0.29) is 18.0 Å². The predicted molar refractivity (Wildman–Crippen MR) is 100 cm³/mol. The molecule has 1 aliphatic carbocycles. The van der Waals surface area contributed by atoms with E-state index in [4.69, 9.17) is 15.2 Å². The van der Waals surface area contributed by atoms with E-state index in [2.05, 4.69) is 6.07 Å². The quantitative estimate of drug-likeness (QED) is 0.856. The Bertz CT molecular complexity index is 784. The number of hydrogen-bond acceptors (Lipinski definition) is 3. The summed E-state index contributed by atoms with van der Waals surface area (Å²) in [7, 11) is 0. The predicted octanol–water partition coefficient (Wildman–Crippen LogP) is 4.85. The SMILES string of the molecule is Cc1ccc(F)cc1C1CCc2cc(OC3CCC(N)CC3)ccc2O1. The third kappa shape index (κ3) is 3.70. The first-order chi connectivity index (χ1) is 12.6. The highest BCUT2D eigenvalue weighted by Crippen LogP contribution is 2.38. The first-order valence-corrected chi connectivity index (χ1v) is 9.56. The Hall–Kier alpha value is -2.07. The number of rotatable bonds is 3. The van der Waals surface area contributed by atoms with Crippen LogP contribution < -0.4 is 15.2 Å². The highest BCUT2D eigenvalue weighted by Gasteiger charge is 2.24. The molecule has 0 saturated heterocycles. The molecule has 1 aliphatic heterocycles. The number of fused-ring (bicyclic) bond motifs is 1. The van der Waals surface area contributed by atoms with Crippen LogP contribution in [-0.2, 0) is 6.42 Å². The van der Waals surface area contributed by atoms with Gasteiger partial charge in [0.2, 0.25) is 0 Å². The van der Waals surface area contributed by atoms with E-state index >= 15 is 0 Å². The van der Waals surface area contributed by atoms with Crippen LogP contribution in [0.15, 0.2) is 36.4 Å². The Labute approximate surface area is 154 Å². The molecule has 4 rings (SSSR count). The minimum atomic E-state index is -0.212. The van der Waals surface area contributed by atoms with Crippen molar-refractivity contribution >= 4 is 0 Å². The maximum atomic E-state index is 13.6. The van der Waals surface area contributed by atoms with Crippen molar-refractivity contribution in [3.8, 4) is 11.5 Å². The molecule has 0 bridgehead atoms. The van der Waals surface area contributed by atoms with E-state index in [1.54, 1.807) is 6.07 Å². The van der Waals surface area contributed by atoms with E-state index in [1.165, 1.54) is 11.6 Å². The van der Waals surface area contributed by atoms with Crippen LogP contribution in [0, 0.1) is 12.7 Å². The van der Waals surface area contributed by atoms with Gasteiger partial charge in [-0.25, -0.2) is 4.39 Å². The van der Waals surface area contributed by atoms with Crippen molar-refractivity contribution in [3.05, 3.63) is 58.9 Å². The van der Waals surface area contributed by atoms with Gasteiger partial charge in [0.25, 0.3) is 0 Å². The summed E-state index contributed by atoms with van der Waals surface area (Å²) < 4.78 is 25.9. The molecule has 1 unspecified atom stereocenters. The van der Waals surface area contributed by atoms with Crippen LogP contribution in [0.5, 0.6) is 11.5 Å². The molecule has 0 aromatic heterocycles. The van der Waals surface area contributed by atoms with Gasteiger partial charge in [-0.2, -0.15) is 0 Å². The average molecular weight is 355 g/mol. The fraction of sp³-hybridized carbons (Fsp3) is 0.455. The standard InChI is InChI=1S/C22H26FNO2/c1-14-2-4-16(23)13-20(14)22-10-3-15-12-19(9-11-21(15)26-22)25-18-7-5-17(24)6-8-18/h2,4,9,11-13,17-18,22H,3,5-8,10,24H2,1H3. The molecule has 26 heavy (non-hydrogen) atoms. The molecule has 1 fully saturated rings. The van der Waals surface area contributed by atoms with Gasteiger partial charge in [-0.1, -0.05) is 6.07 Å². The van der Waals surface area contributed by atoms with Crippen LogP contribution in [0.1, 0.15) is 54.9 Å². The lowest BCUT2D eigenvalue weighted by Gasteiger charge is -2.29. The first-order valence-electron chi connectivity index (χ1n) is 9.56. The van der Waals surface area contributed by atoms with Gasteiger partial charge in [-0.3, -0.25) is 0 Å². The van der Waals surface area contributed by atoms with Gasteiger partial charge >= 0.3 is 0 Å². The molecule has 0 radical (unpaired) electrons. The van der Waals surface area contributed by atoms with Crippen molar-refractivity contribution in [3.63, 3.8) is 0 Å². The van der Waals surface area contributed by atoms with Gasteiger partial charge in [-0.15, -0.1) is 0 Å². The maximum Gasteiger partial charge on any atom is 0.124 e. The fourth-order valence-electron chi connectivity index (χ4n) is 4.01. The van der Waals surface area contributed by atoms with Crippen LogP contribution in [0.3, 0.4) is 0 Å². The minimum Gasteiger partial charge on any atom is -0.490 e. The molecule has 1 saturated carbocycles. The van der Waals surface area contributed by atoms with Gasteiger partial charge < -0.3 is 15.2 Å². The number of aryl methyl sites for hydroxylation is 2. The molecule has 2 aromatic rings. The number of nitrogens with two attached hydrogens (primary N) is 1. The summed E-state index contributed by atoms with van der Waals surface area (Å²) in [6.45, 7) is 2.00. The molecule has 2 N–H and O–H groups in total. The van der Waals surface area contributed by atoms with Crippen LogP contribution in [0.4, 0.5) is 4.39 Å². The van der Waals surface area contributed by atoms with Gasteiger partial charge in [0.1, 0.15) is 23.4 Å². The summed E-state index contributed by atoms with van der Waals surface area (Å²) in [5.74, 6) is 1.58. The van der Waals surface area contributed by atoms with Crippen molar-refractivity contribution in [2.24, 2.45) is 5.73 Å². The Balaban J connectivity index is 1.46. The van der Waals surface area contributed by atoms with Gasteiger partial charge in [0.05, 0.1) is 6.10 Å². The van der Waals surface area contributed by atoms with Crippen molar-refractivity contribution in [1.82, 2.24) is 0 Å². The minimum absolute atomic E-state index is 0.0928. The molecule has 2 aromatic carbocycles. The van der Waals surface area contributed by atoms with E-state index in [0.717, 1.165) is 61.2 Å². The molecule has 3 nitrogen and oxygen atoms in total. The molecule has 1 atom stereocenters. The Kier molecular flexibility index (Phi) is 4.86. The van der Waals surface area contributed by atoms with E-state index < -0.39 is 0 Å². The monoisotopic (exact) mass is 355 g/mol. The zero-order chi connectivity index (χ0) is 18.1. The van der Waals surface area contributed by atoms with Crippen LogP contribution >= 0.6 is 0 Å². The van der Waals surface area contributed by atoms with E-state index in [0.29, 0.717) is 6.04 Å². The first kappa shape index (κ1) is 17.3. The lowest BCUT2D eigenvalue weighted by Crippen LogP contribution is -2.31. The maximum absolute atomic E-state index is 13.6. The van der Waals surface area contributed by atoms with E-state index in [9.17, 15) is 4.39 Å².